The second-order valence-corrected chi connectivity index (χ2v) is 7.32. The first-order valence-electron chi connectivity index (χ1n) is 9.85. The van der Waals surface area contributed by atoms with Gasteiger partial charge >= 0.3 is 0 Å². The number of aryl methyl sites for hydroxylation is 1. The molecule has 3 aromatic rings. The number of benzene rings is 2. The van der Waals surface area contributed by atoms with E-state index in [0.717, 1.165) is 30.9 Å². The first kappa shape index (κ1) is 18.4. The number of hydrogen-bond donors (Lipinski definition) is 1. The number of carbonyl (C=O) groups excluding carboxylic acids is 1. The van der Waals surface area contributed by atoms with Gasteiger partial charge in [0.2, 0.25) is 0 Å². The van der Waals surface area contributed by atoms with Crippen molar-refractivity contribution in [1.82, 2.24) is 10.1 Å². The van der Waals surface area contributed by atoms with Gasteiger partial charge in [-0.3, -0.25) is 9.69 Å². The van der Waals surface area contributed by atoms with Gasteiger partial charge in [-0.15, -0.1) is 0 Å². The number of piperidine rings is 1. The van der Waals surface area contributed by atoms with Gasteiger partial charge in [-0.25, -0.2) is 0 Å². The lowest BCUT2D eigenvalue weighted by Crippen LogP contribution is -2.29. The number of hydrogen-bond acceptors (Lipinski definition) is 4. The molecule has 0 saturated carbocycles. The highest BCUT2D eigenvalue weighted by atomic mass is 16.5. The summed E-state index contributed by atoms with van der Waals surface area (Å²) in [6, 6.07) is 17.7. The van der Waals surface area contributed by atoms with Gasteiger partial charge in [0.15, 0.2) is 0 Å². The fraction of sp³-hybridized carbons (Fsp3) is 0.304. The number of nitrogens with one attached hydrogen (secondary N) is 1. The molecule has 0 spiro atoms. The molecule has 0 aliphatic carbocycles. The maximum absolute atomic E-state index is 13.0. The van der Waals surface area contributed by atoms with E-state index in [2.05, 4.69) is 27.5 Å². The molecule has 0 bridgehead atoms. The Morgan fingerprint density at radius 3 is 2.64 bits per heavy atom. The lowest BCUT2D eigenvalue weighted by atomic mass is 10.1. The van der Waals surface area contributed by atoms with Crippen molar-refractivity contribution < 1.29 is 9.32 Å². The average molecular weight is 375 g/mol. The largest absolute Gasteiger partial charge is 0.360 e. The van der Waals surface area contributed by atoms with Gasteiger partial charge in [-0.1, -0.05) is 54.0 Å². The summed E-state index contributed by atoms with van der Waals surface area (Å²) in [5.74, 6) is 0.313. The maximum Gasteiger partial charge on any atom is 0.261 e. The molecular formula is C23H25N3O2. The number of nitrogens with zero attached hydrogens (tertiary/aromatic N) is 2. The first-order chi connectivity index (χ1) is 13.7. The van der Waals surface area contributed by atoms with Crippen LogP contribution in [0.1, 0.15) is 40.9 Å². The van der Waals surface area contributed by atoms with Crippen molar-refractivity contribution in [2.45, 2.75) is 32.7 Å². The molecule has 1 N–H and O–H groups in total. The zero-order valence-corrected chi connectivity index (χ0v) is 16.1. The van der Waals surface area contributed by atoms with Crippen LogP contribution in [0.25, 0.3) is 11.3 Å². The minimum absolute atomic E-state index is 0.201. The van der Waals surface area contributed by atoms with Crippen LogP contribution in [0.4, 0.5) is 5.69 Å². The van der Waals surface area contributed by atoms with Crippen molar-refractivity contribution in [3.63, 3.8) is 0 Å². The average Bonchev–Trinajstić information content (AvgIpc) is 3.11. The van der Waals surface area contributed by atoms with Crippen molar-refractivity contribution in [1.29, 1.82) is 0 Å². The fourth-order valence-corrected chi connectivity index (χ4v) is 3.75. The third-order valence-corrected chi connectivity index (χ3v) is 5.18. The van der Waals surface area contributed by atoms with E-state index < -0.39 is 0 Å². The summed E-state index contributed by atoms with van der Waals surface area (Å²) in [6.45, 7) is 4.99. The summed E-state index contributed by atoms with van der Waals surface area (Å²) >= 11 is 0. The standard InChI is InChI=1S/C23H25N3O2/c1-17-21(22(25-28-17)19-10-4-2-5-11-19)23(27)24-20-12-8-9-18(15-20)16-26-13-6-3-7-14-26/h2,4-5,8-12,15H,3,6-7,13-14,16H2,1H3,(H,24,27). The minimum Gasteiger partial charge on any atom is -0.360 e. The molecule has 0 unspecified atom stereocenters. The molecule has 0 radical (unpaired) electrons. The van der Waals surface area contributed by atoms with Crippen molar-refractivity contribution in [2.75, 3.05) is 18.4 Å². The molecule has 0 atom stereocenters. The van der Waals surface area contributed by atoms with Crippen molar-refractivity contribution in [3.05, 3.63) is 71.5 Å². The highest BCUT2D eigenvalue weighted by Gasteiger charge is 2.21. The predicted octanol–water partition coefficient (Wildman–Crippen LogP) is 4.89. The maximum atomic E-state index is 13.0. The molecule has 4 rings (SSSR count). The van der Waals surface area contributed by atoms with E-state index in [1.165, 1.54) is 24.8 Å². The zero-order valence-electron chi connectivity index (χ0n) is 16.1. The summed E-state index contributed by atoms with van der Waals surface area (Å²) in [4.78, 5) is 15.4. The van der Waals surface area contributed by atoms with Crippen molar-refractivity contribution in [3.8, 4) is 11.3 Å². The Kier molecular flexibility index (Phi) is 5.53. The quantitative estimate of drug-likeness (QED) is 0.690. The molecule has 5 heteroatoms. The van der Waals surface area contributed by atoms with E-state index >= 15 is 0 Å². The number of anilines is 1. The second-order valence-electron chi connectivity index (χ2n) is 7.32. The molecule has 1 aliphatic heterocycles. The highest BCUT2D eigenvalue weighted by Crippen LogP contribution is 2.26. The topological polar surface area (TPSA) is 58.4 Å². The van der Waals surface area contributed by atoms with Crippen LogP contribution in [0.2, 0.25) is 0 Å². The van der Waals surface area contributed by atoms with Gasteiger partial charge < -0.3 is 9.84 Å². The second kappa shape index (κ2) is 8.40. The minimum atomic E-state index is -0.201. The van der Waals surface area contributed by atoms with Crippen LogP contribution < -0.4 is 5.32 Å². The molecule has 2 heterocycles. The third-order valence-electron chi connectivity index (χ3n) is 5.18. The van der Waals surface area contributed by atoms with Crippen LogP contribution in [-0.4, -0.2) is 29.1 Å². The lowest BCUT2D eigenvalue weighted by molar-refractivity contribution is 0.102. The van der Waals surface area contributed by atoms with Crippen LogP contribution in [0, 0.1) is 6.92 Å². The molecule has 28 heavy (non-hydrogen) atoms. The van der Waals surface area contributed by atoms with Crippen molar-refractivity contribution >= 4 is 11.6 Å². The Balaban J connectivity index is 1.51. The van der Waals surface area contributed by atoms with E-state index in [9.17, 15) is 4.79 Å². The van der Waals surface area contributed by atoms with Crippen molar-refractivity contribution in [2.24, 2.45) is 0 Å². The smallest absolute Gasteiger partial charge is 0.261 e. The van der Waals surface area contributed by atoms with E-state index in [-0.39, 0.29) is 5.91 Å². The van der Waals surface area contributed by atoms with Gasteiger partial charge in [0.25, 0.3) is 5.91 Å². The van der Waals surface area contributed by atoms with Gasteiger partial charge in [0, 0.05) is 17.8 Å². The van der Waals surface area contributed by atoms with Gasteiger partial charge in [0.05, 0.1) is 0 Å². The normalized spacial score (nSPS) is 14.8. The molecule has 144 valence electrons. The summed E-state index contributed by atoms with van der Waals surface area (Å²) in [6.07, 6.45) is 3.87. The molecule has 5 nitrogen and oxygen atoms in total. The van der Waals surface area contributed by atoms with E-state index in [0.29, 0.717) is 17.0 Å². The SMILES string of the molecule is Cc1onc(-c2ccccc2)c1C(=O)Nc1cccc(CN2CCCCC2)c1. The fourth-order valence-electron chi connectivity index (χ4n) is 3.75. The van der Waals surface area contributed by atoms with E-state index in [1.807, 2.05) is 42.5 Å². The van der Waals surface area contributed by atoms with Crippen LogP contribution >= 0.6 is 0 Å². The molecule has 1 aliphatic rings. The van der Waals surface area contributed by atoms with Gasteiger partial charge in [-0.05, 0) is 50.6 Å². The number of carbonyl (C=O) groups is 1. The Labute approximate surface area is 165 Å². The molecule has 1 aromatic heterocycles. The zero-order chi connectivity index (χ0) is 19.3. The van der Waals surface area contributed by atoms with E-state index in [1.54, 1.807) is 6.92 Å². The molecule has 2 aromatic carbocycles. The highest BCUT2D eigenvalue weighted by molar-refractivity contribution is 6.08. The molecular weight excluding hydrogens is 350 g/mol. The van der Waals surface area contributed by atoms with E-state index in [4.69, 9.17) is 4.52 Å². The summed E-state index contributed by atoms with van der Waals surface area (Å²) in [5, 5.41) is 7.12. The lowest BCUT2D eigenvalue weighted by Gasteiger charge is -2.26. The summed E-state index contributed by atoms with van der Waals surface area (Å²) in [7, 11) is 0. The van der Waals surface area contributed by atoms with Gasteiger partial charge in [-0.2, -0.15) is 0 Å². The number of amides is 1. The Hall–Kier alpha value is -2.92. The van der Waals surface area contributed by atoms with Crippen LogP contribution in [0.5, 0.6) is 0 Å². The van der Waals surface area contributed by atoms with Crippen LogP contribution in [-0.2, 0) is 6.54 Å². The Morgan fingerprint density at radius 2 is 1.86 bits per heavy atom. The number of rotatable bonds is 5. The summed E-state index contributed by atoms with van der Waals surface area (Å²) < 4.78 is 5.32. The molecule has 1 fully saturated rings. The monoisotopic (exact) mass is 375 g/mol. The Bertz CT molecular complexity index is 943. The molecule has 1 saturated heterocycles. The van der Waals surface area contributed by atoms with Gasteiger partial charge in [0.1, 0.15) is 17.0 Å². The molecule has 1 amide bonds. The predicted molar refractivity (Wildman–Crippen MR) is 110 cm³/mol. The summed E-state index contributed by atoms with van der Waals surface area (Å²) in [5.41, 5.74) is 3.92. The number of likely N-dealkylation sites (tertiary alicyclic amines) is 1. The number of aromatic nitrogens is 1. The first-order valence-corrected chi connectivity index (χ1v) is 9.85. The van der Waals surface area contributed by atoms with Crippen LogP contribution in [0.15, 0.2) is 59.1 Å². The third kappa shape index (κ3) is 4.15. The Morgan fingerprint density at radius 1 is 1.07 bits per heavy atom. The van der Waals surface area contributed by atoms with Crippen LogP contribution in [0.3, 0.4) is 0 Å².